The normalized spacial score (nSPS) is 10.1. The lowest BCUT2D eigenvalue weighted by Gasteiger charge is -2.10. The number of amides is 1. The monoisotopic (exact) mass is 376 g/mol. The molecule has 0 saturated heterocycles. The highest BCUT2D eigenvalue weighted by Crippen LogP contribution is 2.13. The van der Waals surface area contributed by atoms with Crippen molar-refractivity contribution in [1.82, 2.24) is 9.13 Å². The molecule has 118 valence electrons. The number of rotatable bonds is 4. The number of nitrogens with zero attached hydrogens (tertiary/aromatic N) is 3. The molecule has 0 spiro atoms. The SMILES string of the molecule is CCn1cc(C#N)c(=O)n(CC(=O)Nc2ccc(Br)cc2)c1=O. The zero-order chi connectivity index (χ0) is 17.0. The quantitative estimate of drug-likeness (QED) is 0.869. The molecule has 8 heteroatoms. The third-order valence-electron chi connectivity index (χ3n) is 3.13. The molecule has 0 atom stereocenters. The number of nitriles is 1. The maximum atomic E-state index is 12.2. The van der Waals surface area contributed by atoms with Crippen LogP contribution in [0.25, 0.3) is 0 Å². The maximum absolute atomic E-state index is 12.2. The number of carbonyl (C=O) groups is 1. The van der Waals surface area contributed by atoms with Crippen molar-refractivity contribution in [2.75, 3.05) is 5.32 Å². The number of hydrogen-bond donors (Lipinski definition) is 1. The van der Waals surface area contributed by atoms with Gasteiger partial charge in [0.2, 0.25) is 5.91 Å². The Kier molecular flexibility index (Phi) is 5.13. The van der Waals surface area contributed by atoms with Gasteiger partial charge in [-0.15, -0.1) is 0 Å². The Morgan fingerprint density at radius 3 is 2.52 bits per heavy atom. The van der Waals surface area contributed by atoms with Gasteiger partial charge in [-0.3, -0.25) is 14.2 Å². The Morgan fingerprint density at radius 1 is 1.30 bits per heavy atom. The summed E-state index contributed by atoms with van der Waals surface area (Å²) in [5.74, 6) is -0.524. The second kappa shape index (κ2) is 7.07. The Hall–Kier alpha value is -2.66. The van der Waals surface area contributed by atoms with E-state index in [1.165, 1.54) is 10.8 Å². The first-order valence-electron chi connectivity index (χ1n) is 6.76. The summed E-state index contributed by atoms with van der Waals surface area (Å²) >= 11 is 3.28. The predicted octanol–water partition coefficient (Wildman–Crippen LogP) is 1.30. The van der Waals surface area contributed by atoms with Crippen LogP contribution in [0.2, 0.25) is 0 Å². The molecule has 0 unspecified atom stereocenters. The van der Waals surface area contributed by atoms with Gasteiger partial charge in [0.1, 0.15) is 18.2 Å². The van der Waals surface area contributed by atoms with Crippen molar-refractivity contribution in [2.24, 2.45) is 0 Å². The lowest BCUT2D eigenvalue weighted by atomic mass is 10.3. The summed E-state index contributed by atoms with van der Waals surface area (Å²) < 4.78 is 2.84. The summed E-state index contributed by atoms with van der Waals surface area (Å²) in [5, 5.41) is 11.6. The number of aryl methyl sites for hydroxylation is 1. The van der Waals surface area contributed by atoms with E-state index in [0.29, 0.717) is 12.2 Å². The fraction of sp³-hybridized carbons (Fsp3) is 0.200. The molecule has 0 aliphatic heterocycles. The molecule has 1 N–H and O–H groups in total. The van der Waals surface area contributed by atoms with Crippen LogP contribution in [0.15, 0.2) is 44.5 Å². The Morgan fingerprint density at radius 2 is 1.96 bits per heavy atom. The average Bonchev–Trinajstić information content (AvgIpc) is 2.54. The molecule has 1 aromatic carbocycles. The van der Waals surface area contributed by atoms with Gasteiger partial charge < -0.3 is 5.32 Å². The van der Waals surface area contributed by atoms with E-state index in [0.717, 1.165) is 9.04 Å². The summed E-state index contributed by atoms with van der Waals surface area (Å²) in [4.78, 5) is 36.3. The molecule has 7 nitrogen and oxygen atoms in total. The molecule has 0 fully saturated rings. The first-order chi connectivity index (χ1) is 11.0. The molecule has 23 heavy (non-hydrogen) atoms. The number of carbonyl (C=O) groups excluding carboxylic acids is 1. The van der Waals surface area contributed by atoms with Gasteiger partial charge in [0.15, 0.2) is 0 Å². The summed E-state index contributed by atoms with van der Waals surface area (Å²) in [7, 11) is 0. The van der Waals surface area contributed by atoms with Crippen LogP contribution in [0.4, 0.5) is 5.69 Å². The van der Waals surface area contributed by atoms with Gasteiger partial charge in [-0.1, -0.05) is 15.9 Å². The smallest absolute Gasteiger partial charge is 0.325 e. The molecule has 0 bridgehead atoms. The lowest BCUT2D eigenvalue weighted by Crippen LogP contribution is -2.43. The van der Waals surface area contributed by atoms with Gasteiger partial charge in [0.05, 0.1) is 0 Å². The molecule has 1 amide bonds. The van der Waals surface area contributed by atoms with Crippen molar-refractivity contribution in [2.45, 2.75) is 20.0 Å². The summed E-state index contributed by atoms with van der Waals surface area (Å²) in [5.41, 5.74) is -1.03. The second-order valence-electron chi connectivity index (χ2n) is 4.67. The molecule has 0 saturated carbocycles. The van der Waals surface area contributed by atoms with E-state index in [2.05, 4.69) is 21.2 Å². The third-order valence-corrected chi connectivity index (χ3v) is 3.66. The Labute approximate surface area is 139 Å². The third kappa shape index (κ3) is 3.76. The molecule has 0 aliphatic rings. The largest absolute Gasteiger partial charge is 0.331 e. The Balaban J connectivity index is 2.31. The van der Waals surface area contributed by atoms with Gasteiger partial charge in [-0.2, -0.15) is 5.26 Å². The zero-order valence-electron chi connectivity index (χ0n) is 12.2. The number of halogens is 1. The van der Waals surface area contributed by atoms with Crippen LogP contribution in [-0.2, 0) is 17.9 Å². The number of aromatic nitrogens is 2. The van der Waals surface area contributed by atoms with Crippen molar-refractivity contribution in [3.8, 4) is 6.07 Å². The summed E-state index contributed by atoms with van der Waals surface area (Å²) in [6.45, 7) is 1.55. The van der Waals surface area contributed by atoms with Crippen molar-refractivity contribution in [3.05, 3.63) is 61.3 Å². The predicted molar refractivity (Wildman–Crippen MR) is 88.1 cm³/mol. The minimum Gasteiger partial charge on any atom is -0.325 e. The molecule has 1 aromatic heterocycles. The van der Waals surface area contributed by atoms with E-state index in [1.54, 1.807) is 37.3 Å². The van der Waals surface area contributed by atoms with E-state index < -0.39 is 23.7 Å². The Bertz CT molecular complexity index is 891. The highest BCUT2D eigenvalue weighted by atomic mass is 79.9. The van der Waals surface area contributed by atoms with E-state index in [-0.39, 0.29) is 5.56 Å². The van der Waals surface area contributed by atoms with Crippen LogP contribution in [0.1, 0.15) is 12.5 Å². The maximum Gasteiger partial charge on any atom is 0.331 e. The number of nitrogens with one attached hydrogen (secondary N) is 1. The van der Waals surface area contributed by atoms with Crippen LogP contribution in [-0.4, -0.2) is 15.0 Å². The van der Waals surface area contributed by atoms with Crippen LogP contribution < -0.4 is 16.6 Å². The van der Waals surface area contributed by atoms with Gasteiger partial charge in [0, 0.05) is 22.9 Å². The fourth-order valence-electron chi connectivity index (χ4n) is 1.97. The summed E-state index contributed by atoms with van der Waals surface area (Å²) in [6, 6.07) is 8.60. The van der Waals surface area contributed by atoms with Crippen LogP contribution in [0, 0.1) is 11.3 Å². The second-order valence-corrected chi connectivity index (χ2v) is 5.59. The van der Waals surface area contributed by atoms with Crippen LogP contribution in [0.3, 0.4) is 0 Å². The molecule has 0 aliphatic carbocycles. The number of anilines is 1. The molecule has 2 aromatic rings. The van der Waals surface area contributed by atoms with E-state index in [1.807, 2.05) is 0 Å². The van der Waals surface area contributed by atoms with E-state index >= 15 is 0 Å². The molecular formula is C15H13BrN4O3. The van der Waals surface area contributed by atoms with Crippen molar-refractivity contribution in [1.29, 1.82) is 5.26 Å². The zero-order valence-corrected chi connectivity index (χ0v) is 13.8. The molecular weight excluding hydrogens is 364 g/mol. The van der Waals surface area contributed by atoms with Gasteiger partial charge in [0.25, 0.3) is 5.56 Å². The molecule has 0 radical (unpaired) electrons. The molecule has 2 rings (SSSR count). The molecule has 1 heterocycles. The van der Waals surface area contributed by atoms with E-state index in [4.69, 9.17) is 5.26 Å². The van der Waals surface area contributed by atoms with Crippen LogP contribution in [0.5, 0.6) is 0 Å². The number of benzene rings is 1. The van der Waals surface area contributed by atoms with Gasteiger partial charge in [-0.05, 0) is 31.2 Å². The first-order valence-corrected chi connectivity index (χ1v) is 7.55. The number of hydrogen-bond acceptors (Lipinski definition) is 4. The minimum absolute atomic E-state index is 0.178. The minimum atomic E-state index is -0.770. The highest BCUT2D eigenvalue weighted by molar-refractivity contribution is 9.10. The van der Waals surface area contributed by atoms with Crippen molar-refractivity contribution in [3.63, 3.8) is 0 Å². The van der Waals surface area contributed by atoms with Gasteiger partial charge >= 0.3 is 5.69 Å². The van der Waals surface area contributed by atoms with E-state index in [9.17, 15) is 14.4 Å². The fourth-order valence-corrected chi connectivity index (χ4v) is 2.24. The lowest BCUT2D eigenvalue weighted by molar-refractivity contribution is -0.116. The summed E-state index contributed by atoms with van der Waals surface area (Å²) in [6.07, 6.45) is 1.20. The standard InChI is InChI=1S/C15H13BrN4O3/c1-2-19-8-10(7-17)14(22)20(15(19)23)9-13(21)18-12-5-3-11(16)4-6-12/h3-6,8H,2,9H2,1H3,(H,18,21). The van der Waals surface area contributed by atoms with Crippen LogP contribution >= 0.6 is 15.9 Å². The van der Waals surface area contributed by atoms with Gasteiger partial charge in [-0.25, -0.2) is 9.36 Å². The highest BCUT2D eigenvalue weighted by Gasteiger charge is 2.13. The average molecular weight is 377 g/mol. The first kappa shape index (κ1) is 16.7. The topological polar surface area (TPSA) is 96.9 Å². The van der Waals surface area contributed by atoms with Crippen molar-refractivity contribution >= 4 is 27.5 Å². The van der Waals surface area contributed by atoms with Crippen molar-refractivity contribution < 1.29 is 4.79 Å².